The second kappa shape index (κ2) is 8.47. The summed E-state index contributed by atoms with van der Waals surface area (Å²) in [4.78, 5) is 14.5. The maximum atomic E-state index is 12.6. The second-order valence-electron chi connectivity index (χ2n) is 5.63. The number of amides is 1. The molecule has 0 spiro atoms. The van der Waals surface area contributed by atoms with E-state index in [-0.39, 0.29) is 17.9 Å². The van der Waals surface area contributed by atoms with Gasteiger partial charge in [0.25, 0.3) is 0 Å². The molecule has 5 nitrogen and oxygen atoms in total. The first-order chi connectivity index (χ1) is 11.2. The molecule has 2 atom stereocenters. The summed E-state index contributed by atoms with van der Waals surface area (Å²) in [5.74, 6) is 0.0592. The molecule has 0 unspecified atom stereocenters. The molecule has 1 aromatic carbocycles. The van der Waals surface area contributed by atoms with Crippen LogP contribution < -0.4 is 5.32 Å². The Kier molecular flexibility index (Phi) is 6.33. The van der Waals surface area contributed by atoms with Crippen molar-refractivity contribution in [1.82, 2.24) is 10.2 Å². The standard InChI is InChI=1S/C18H23N3O2/c1-3-10-21-11-8-16(18(21)22)17(20-9-12-23-2)15-6-4-14(13-19)5-7-15/h3-7,16-17,20H,1,8-12H2,2H3/t16-,17-/m1/s1. The summed E-state index contributed by atoms with van der Waals surface area (Å²) < 4.78 is 5.10. The quantitative estimate of drug-likeness (QED) is 0.588. The third-order valence-electron chi connectivity index (χ3n) is 4.16. The minimum Gasteiger partial charge on any atom is -0.383 e. The zero-order chi connectivity index (χ0) is 16.7. The van der Waals surface area contributed by atoms with Crippen LogP contribution in [0.5, 0.6) is 0 Å². The zero-order valence-electron chi connectivity index (χ0n) is 13.5. The van der Waals surface area contributed by atoms with Crippen LogP contribution in [0.2, 0.25) is 0 Å². The monoisotopic (exact) mass is 313 g/mol. The van der Waals surface area contributed by atoms with E-state index in [0.717, 1.165) is 18.5 Å². The molecule has 1 aliphatic heterocycles. The Morgan fingerprint density at radius 3 is 2.87 bits per heavy atom. The van der Waals surface area contributed by atoms with Gasteiger partial charge in [-0.25, -0.2) is 0 Å². The molecule has 5 heteroatoms. The van der Waals surface area contributed by atoms with Crippen molar-refractivity contribution in [1.29, 1.82) is 5.26 Å². The fourth-order valence-corrected chi connectivity index (χ4v) is 2.98. The largest absolute Gasteiger partial charge is 0.383 e. The number of hydrogen-bond acceptors (Lipinski definition) is 4. The smallest absolute Gasteiger partial charge is 0.227 e. The van der Waals surface area contributed by atoms with Crippen LogP contribution in [0.1, 0.15) is 23.6 Å². The lowest BCUT2D eigenvalue weighted by Crippen LogP contribution is -2.36. The first-order valence-electron chi connectivity index (χ1n) is 7.83. The number of benzene rings is 1. The predicted octanol–water partition coefficient (Wildman–Crippen LogP) is 1.87. The van der Waals surface area contributed by atoms with Gasteiger partial charge in [0.2, 0.25) is 5.91 Å². The number of nitrogens with zero attached hydrogens (tertiary/aromatic N) is 2. The lowest BCUT2D eigenvalue weighted by atomic mass is 9.91. The molecular formula is C18H23N3O2. The molecule has 23 heavy (non-hydrogen) atoms. The van der Waals surface area contributed by atoms with Gasteiger partial charge in [0.15, 0.2) is 0 Å². The fraction of sp³-hybridized carbons (Fsp3) is 0.444. The van der Waals surface area contributed by atoms with E-state index >= 15 is 0 Å². The average molecular weight is 313 g/mol. The number of likely N-dealkylation sites (tertiary alicyclic amines) is 1. The van der Waals surface area contributed by atoms with Gasteiger partial charge in [-0.15, -0.1) is 6.58 Å². The van der Waals surface area contributed by atoms with Crippen LogP contribution in [-0.4, -0.2) is 44.2 Å². The highest BCUT2D eigenvalue weighted by atomic mass is 16.5. The van der Waals surface area contributed by atoms with Gasteiger partial charge in [0.05, 0.1) is 24.2 Å². The summed E-state index contributed by atoms with van der Waals surface area (Å²) in [5, 5.41) is 12.4. The molecule has 0 aromatic heterocycles. The van der Waals surface area contributed by atoms with Crippen molar-refractivity contribution in [3.63, 3.8) is 0 Å². The third kappa shape index (κ3) is 4.19. The highest BCUT2D eigenvalue weighted by Gasteiger charge is 2.37. The molecule has 1 aliphatic rings. The summed E-state index contributed by atoms with van der Waals surface area (Å²) >= 11 is 0. The minimum absolute atomic E-state index is 0.0693. The summed E-state index contributed by atoms with van der Waals surface area (Å²) in [6, 6.07) is 9.48. The molecule has 1 fully saturated rings. The molecule has 1 N–H and O–H groups in total. The van der Waals surface area contributed by atoms with Crippen molar-refractivity contribution in [2.24, 2.45) is 5.92 Å². The zero-order valence-corrected chi connectivity index (χ0v) is 13.5. The van der Waals surface area contributed by atoms with Gasteiger partial charge in [-0.1, -0.05) is 18.2 Å². The molecule has 1 saturated heterocycles. The molecule has 1 aromatic rings. The number of nitriles is 1. The first-order valence-corrected chi connectivity index (χ1v) is 7.83. The summed E-state index contributed by atoms with van der Waals surface area (Å²) in [6.07, 6.45) is 2.58. The van der Waals surface area contributed by atoms with E-state index in [9.17, 15) is 4.79 Å². The Hall–Kier alpha value is -2.16. The van der Waals surface area contributed by atoms with Crippen LogP contribution in [-0.2, 0) is 9.53 Å². The van der Waals surface area contributed by atoms with Crippen LogP contribution in [0.3, 0.4) is 0 Å². The molecule has 1 heterocycles. The van der Waals surface area contributed by atoms with Crippen LogP contribution >= 0.6 is 0 Å². The lowest BCUT2D eigenvalue weighted by molar-refractivity contribution is -0.131. The number of rotatable bonds is 8. The highest BCUT2D eigenvalue weighted by molar-refractivity contribution is 5.82. The predicted molar refractivity (Wildman–Crippen MR) is 88.7 cm³/mol. The van der Waals surface area contributed by atoms with Gasteiger partial charge < -0.3 is 15.0 Å². The van der Waals surface area contributed by atoms with Gasteiger partial charge in [-0.05, 0) is 24.1 Å². The molecule has 0 radical (unpaired) electrons. The van der Waals surface area contributed by atoms with E-state index in [0.29, 0.717) is 25.3 Å². The maximum Gasteiger partial charge on any atom is 0.227 e. The molecule has 0 aliphatic carbocycles. The number of hydrogen-bond donors (Lipinski definition) is 1. The summed E-state index contributed by atoms with van der Waals surface area (Å²) in [6.45, 7) is 6.32. The van der Waals surface area contributed by atoms with Crippen LogP contribution in [0.25, 0.3) is 0 Å². The van der Waals surface area contributed by atoms with Gasteiger partial charge in [-0.3, -0.25) is 4.79 Å². The molecule has 0 saturated carbocycles. The Bertz CT molecular complexity index is 577. The number of methoxy groups -OCH3 is 1. The van der Waals surface area contributed by atoms with Crippen molar-refractivity contribution in [2.45, 2.75) is 12.5 Å². The summed E-state index contributed by atoms with van der Waals surface area (Å²) in [7, 11) is 1.66. The Morgan fingerprint density at radius 1 is 1.52 bits per heavy atom. The van der Waals surface area contributed by atoms with Crippen LogP contribution in [0.4, 0.5) is 0 Å². The average Bonchev–Trinajstić information content (AvgIpc) is 2.93. The van der Waals surface area contributed by atoms with E-state index < -0.39 is 0 Å². The van der Waals surface area contributed by atoms with Gasteiger partial charge in [0, 0.05) is 32.8 Å². The van der Waals surface area contributed by atoms with E-state index in [4.69, 9.17) is 10.00 Å². The number of carbonyl (C=O) groups excluding carboxylic acids is 1. The van der Waals surface area contributed by atoms with E-state index in [1.54, 1.807) is 25.3 Å². The molecule has 0 bridgehead atoms. The summed E-state index contributed by atoms with van der Waals surface area (Å²) in [5.41, 5.74) is 1.65. The van der Waals surface area contributed by atoms with E-state index in [1.807, 2.05) is 17.0 Å². The van der Waals surface area contributed by atoms with E-state index in [2.05, 4.69) is 18.0 Å². The number of nitrogens with one attached hydrogen (secondary N) is 1. The van der Waals surface area contributed by atoms with Crippen molar-refractivity contribution >= 4 is 5.91 Å². The Labute approximate surface area is 137 Å². The number of carbonyl (C=O) groups is 1. The van der Waals surface area contributed by atoms with Crippen LogP contribution in [0, 0.1) is 17.2 Å². The van der Waals surface area contributed by atoms with Crippen molar-refractivity contribution in [3.8, 4) is 6.07 Å². The Morgan fingerprint density at radius 2 is 2.26 bits per heavy atom. The van der Waals surface area contributed by atoms with Gasteiger partial charge in [0.1, 0.15) is 0 Å². The third-order valence-corrected chi connectivity index (χ3v) is 4.16. The minimum atomic E-state index is -0.0975. The molecule has 2 rings (SSSR count). The maximum absolute atomic E-state index is 12.6. The van der Waals surface area contributed by atoms with Crippen LogP contribution in [0.15, 0.2) is 36.9 Å². The topological polar surface area (TPSA) is 65.4 Å². The molecular weight excluding hydrogens is 290 g/mol. The first kappa shape index (κ1) is 17.2. The van der Waals surface area contributed by atoms with Crippen molar-refractivity contribution in [3.05, 3.63) is 48.0 Å². The van der Waals surface area contributed by atoms with Crippen molar-refractivity contribution < 1.29 is 9.53 Å². The van der Waals surface area contributed by atoms with E-state index in [1.165, 1.54) is 0 Å². The lowest BCUT2D eigenvalue weighted by Gasteiger charge is -2.25. The molecule has 122 valence electrons. The second-order valence-corrected chi connectivity index (χ2v) is 5.63. The van der Waals surface area contributed by atoms with Crippen molar-refractivity contribution in [2.75, 3.05) is 33.4 Å². The SMILES string of the molecule is C=CCN1CC[C@H]([C@H](NCCOC)c2ccc(C#N)cc2)C1=O. The normalized spacial score (nSPS) is 18.7. The van der Waals surface area contributed by atoms with Gasteiger partial charge >= 0.3 is 0 Å². The highest BCUT2D eigenvalue weighted by Crippen LogP contribution is 2.31. The molecule has 1 amide bonds. The number of ether oxygens (including phenoxy) is 1. The fourth-order valence-electron chi connectivity index (χ4n) is 2.98. The van der Waals surface area contributed by atoms with Gasteiger partial charge in [-0.2, -0.15) is 5.26 Å². The Balaban J connectivity index is 2.18.